The van der Waals surface area contributed by atoms with Gasteiger partial charge in [0.2, 0.25) is 0 Å². The fourth-order valence-electron chi connectivity index (χ4n) is 1.75. The molecule has 0 saturated heterocycles. The van der Waals surface area contributed by atoms with Crippen LogP contribution in [0.5, 0.6) is 0 Å². The van der Waals surface area contributed by atoms with Gasteiger partial charge in [0.05, 0.1) is 25.4 Å². The average Bonchev–Trinajstić information content (AvgIpc) is 2.46. The van der Waals surface area contributed by atoms with Crippen LogP contribution in [0.1, 0.15) is 24.2 Å². The molecule has 0 fully saturated rings. The summed E-state index contributed by atoms with van der Waals surface area (Å²) in [5.41, 5.74) is 1.53. The van der Waals surface area contributed by atoms with E-state index in [9.17, 15) is 10.2 Å². The van der Waals surface area contributed by atoms with Gasteiger partial charge in [-0.25, -0.2) is 0 Å². The summed E-state index contributed by atoms with van der Waals surface area (Å²) in [6.07, 6.45) is -1.36. The van der Waals surface area contributed by atoms with E-state index in [1.165, 1.54) is 11.8 Å². The fourth-order valence-corrected chi connectivity index (χ4v) is 2.60. The third kappa shape index (κ3) is 5.12. The predicted molar refractivity (Wildman–Crippen MR) is 76.9 cm³/mol. The van der Waals surface area contributed by atoms with Crippen LogP contribution in [0.3, 0.4) is 0 Å². The number of benzene rings is 1. The molecule has 1 rings (SSSR count). The number of thioether (sulfide) groups is 1. The number of aliphatic hydroxyl groups is 4. The second-order valence-electron chi connectivity index (χ2n) is 4.57. The van der Waals surface area contributed by atoms with E-state index in [2.05, 4.69) is 0 Å². The van der Waals surface area contributed by atoms with Crippen molar-refractivity contribution in [1.29, 1.82) is 0 Å². The highest BCUT2D eigenvalue weighted by Gasteiger charge is 2.23. The molecule has 0 aliphatic heterocycles. The van der Waals surface area contributed by atoms with Gasteiger partial charge in [-0.3, -0.25) is 0 Å². The second kappa shape index (κ2) is 8.55. The third-order valence-electron chi connectivity index (χ3n) is 3.13. The lowest BCUT2D eigenvalue weighted by Gasteiger charge is -2.24. The highest BCUT2D eigenvalue weighted by molar-refractivity contribution is 7.99. The van der Waals surface area contributed by atoms with Crippen LogP contribution in [-0.4, -0.2) is 44.6 Å². The van der Waals surface area contributed by atoms with Crippen LogP contribution >= 0.6 is 11.8 Å². The maximum absolute atomic E-state index is 10.2. The van der Waals surface area contributed by atoms with E-state index in [0.29, 0.717) is 11.5 Å². The molecule has 5 heteroatoms. The van der Waals surface area contributed by atoms with Crippen LogP contribution in [0.4, 0.5) is 0 Å². The molecule has 0 unspecified atom stereocenters. The summed E-state index contributed by atoms with van der Waals surface area (Å²) in [4.78, 5) is 0. The first-order valence-corrected chi connectivity index (χ1v) is 7.50. The molecule has 0 aliphatic rings. The van der Waals surface area contributed by atoms with Crippen molar-refractivity contribution in [3.63, 3.8) is 0 Å². The maximum Gasteiger partial charge on any atom is 0.0840 e. The van der Waals surface area contributed by atoms with Gasteiger partial charge in [0.1, 0.15) is 0 Å². The Hall–Kier alpha value is -0.590. The molecule has 3 atom stereocenters. The molecule has 1 aromatic carbocycles. The predicted octanol–water partition coefficient (Wildman–Crippen LogP) is 0.935. The first-order valence-electron chi connectivity index (χ1n) is 6.34. The summed E-state index contributed by atoms with van der Waals surface area (Å²) < 4.78 is 0. The Morgan fingerprint density at radius 1 is 1.11 bits per heavy atom. The number of hydrogen-bond donors (Lipinski definition) is 4. The molecule has 4 N–H and O–H groups in total. The van der Waals surface area contributed by atoms with E-state index in [0.717, 1.165) is 11.1 Å². The van der Waals surface area contributed by atoms with E-state index in [-0.39, 0.29) is 19.1 Å². The Labute approximate surface area is 118 Å². The zero-order chi connectivity index (χ0) is 14.3. The standard InChI is InChI=1S/C14H22O4S/c1-10(13(17)9-19-7-6-15)14(18)12-4-2-11(8-16)3-5-12/h2-5,10,13-18H,6-9H2,1H3/t10-,13+,14+/m0/s1. The maximum atomic E-state index is 10.2. The highest BCUT2D eigenvalue weighted by atomic mass is 32.2. The fraction of sp³-hybridized carbons (Fsp3) is 0.571. The van der Waals surface area contributed by atoms with Crippen LogP contribution in [0, 0.1) is 5.92 Å². The number of hydrogen-bond acceptors (Lipinski definition) is 5. The molecule has 1 aromatic rings. The molecule has 0 amide bonds. The quantitative estimate of drug-likeness (QED) is 0.535. The molecule has 108 valence electrons. The first-order chi connectivity index (χ1) is 9.10. The monoisotopic (exact) mass is 286 g/mol. The van der Waals surface area contributed by atoms with Gasteiger partial charge in [0.15, 0.2) is 0 Å². The second-order valence-corrected chi connectivity index (χ2v) is 5.72. The van der Waals surface area contributed by atoms with Crippen LogP contribution in [0.2, 0.25) is 0 Å². The molecule has 19 heavy (non-hydrogen) atoms. The summed E-state index contributed by atoms with van der Waals surface area (Å²) in [6, 6.07) is 7.05. The van der Waals surface area contributed by atoms with E-state index < -0.39 is 12.2 Å². The van der Waals surface area contributed by atoms with Crippen LogP contribution < -0.4 is 0 Å². The zero-order valence-electron chi connectivity index (χ0n) is 11.1. The number of rotatable bonds is 8. The van der Waals surface area contributed by atoms with Crippen molar-refractivity contribution in [1.82, 2.24) is 0 Å². The largest absolute Gasteiger partial charge is 0.396 e. The Balaban J connectivity index is 2.56. The summed E-state index contributed by atoms with van der Waals surface area (Å²) >= 11 is 1.46. The Bertz CT molecular complexity index is 355. The van der Waals surface area contributed by atoms with Gasteiger partial charge in [-0.15, -0.1) is 0 Å². The third-order valence-corrected chi connectivity index (χ3v) is 4.18. The first kappa shape index (κ1) is 16.5. The van der Waals surface area contributed by atoms with Crippen molar-refractivity contribution in [2.45, 2.75) is 25.7 Å². The molecule has 0 aliphatic carbocycles. The molecule has 0 heterocycles. The number of aliphatic hydroxyl groups excluding tert-OH is 4. The van der Waals surface area contributed by atoms with Crippen molar-refractivity contribution in [3.05, 3.63) is 35.4 Å². The van der Waals surface area contributed by atoms with Crippen molar-refractivity contribution >= 4 is 11.8 Å². The summed E-state index contributed by atoms with van der Waals surface area (Å²) in [5, 5.41) is 37.8. The molecular weight excluding hydrogens is 264 g/mol. The van der Waals surface area contributed by atoms with Crippen LogP contribution in [-0.2, 0) is 6.61 Å². The lowest BCUT2D eigenvalue weighted by molar-refractivity contribution is 0.0330. The topological polar surface area (TPSA) is 80.9 Å². The lowest BCUT2D eigenvalue weighted by Crippen LogP contribution is -2.26. The van der Waals surface area contributed by atoms with E-state index >= 15 is 0 Å². The Morgan fingerprint density at radius 3 is 2.26 bits per heavy atom. The van der Waals surface area contributed by atoms with Crippen molar-refractivity contribution in [2.75, 3.05) is 18.1 Å². The normalized spacial score (nSPS) is 16.1. The van der Waals surface area contributed by atoms with Gasteiger partial charge in [0.25, 0.3) is 0 Å². The molecule has 0 aromatic heterocycles. The minimum Gasteiger partial charge on any atom is -0.396 e. The summed E-state index contributed by atoms with van der Waals surface area (Å²) in [5.74, 6) is 0.796. The molecule has 0 spiro atoms. The minimum absolute atomic E-state index is 0.0215. The zero-order valence-corrected chi connectivity index (χ0v) is 11.9. The smallest absolute Gasteiger partial charge is 0.0840 e. The summed E-state index contributed by atoms with van der Waals surface area (Å²) in [6.45, 7) is 1.87. The SMILES string of the molecule is C[C@@H]([C@H](O)CSCCO)[C@@H](O)c1ccc(CO)cc1. The van der Waals surface area contributed by atoms with Crippen molar-refractivity contribution < 1.29 is 20.4 Å². The molecule has 0 radical (unpaired) electrons. The van der Waals surface area contributed by atoms with Crippen molar-refractivity contribution in [2.24, 2.45) is 5.92 Å². The van der Waals surface area contributed by atoms with Gasteiger partial charge < -0.3 is 20.4 Å². The van der Waals surface area contributed by atoms with Gasteiger partial charge in [-0.2, -0.15) is 11.8 Å². The van der Waals surface area contributed by atoms with Gasteiger partial charge in [0, 0.05) is 17.4 Å². The molecule has 4 nitrogen and oxygen atoms in total. The van der Waals surface area contributed by atoms with E-state index in [1.54, 1.807) is 31.2 Å². The van der Waals surface area contributed by atoms with Crippen LogP contribution in [0.15, 0.2) is 24.3 Å². The Kier molecular flexibility index (Phi) is 7.41. The Morgan fingerprint density at radius 2 is 1.74 bits per heavy atom. The average molecular weight is 286 g/mol. The molecular formula is C14H22O4S. The minimum atomic E-state index is -0.738. The summed E-state index contributed by atoms with van der Waals surface area (Å²) in [7, 11) is 0. The van der Waals surface area contributed by atoms with E-state index in [1.807, 2.05) is 0 Å². The lowest BCUT2D eigenvalue weighted by atomic mass is 9.93. The van der Waals surface area contributed by atoms with Crippen LogP contribution in [0.25, 0.3) is 0 Å². The van der Waals surface area contributed by atoms with Crippen molar-refractivity contribution in [3.8, 4) is 0 Å². The molecule has 0 saturated carbocycles. The molecule has 0 bridgehead atoms. The highest BCUT2D eigenvalue weighted by Crippen LogP contribution is 2.26. The van der Waals surface area contributed by atoms with E-state index in [4.69, 9.17) is 10.2 Å². The van der Waals surface area contributed by atoms with Gasteiger partial charge in [-0.1, -0.05) is 31.2 Å². The van der Waals surface area contributed by atoms with Gasteiger partial charge >= 0.3 is 0 Å². The van der Waals surface area contributed by atoms with Gasteiger partial charge in [-0.05, 0) is 11.1 Å².